The third kappa shape index (κ3) is 20.6. The third-order valence-corrected chi connectivity index (χ3v) is 18.7. The summed E-state index contributed by atoms with van der Waals surface area (Å²) in [5.74, 6) is 0.819. The van der Waals surface area contributed by atoms with Gasteiger partial charge in [-0.1, -0.05) is 74.5 Å². The molecule has 4 unspecified atom stereocenters. The Labute approximate surface area is 504 Å². The molecule has 8 rings (SSSR count). The smallest absolute Gasteiger partial charge is 0.351 e. The molecule has 2 saturated carbocycles. The van der Waals surface area contributed by atoms with Crippen LogP contribution in [0.1, 0.15) is 178 Å². The van der Waals surface area contributed by atoms with Gasteiger partial charge in [-0.2, -0.15) is 20.5 Å². The predicted octanol–water partition coefficient (Wildman–Crippen LogP) is 12.2. The van der Waals surface area contributed by atoms with Gasteiger partial charge in [0.15, 0.2) is 0 Å². The molecule has 0 radical (unpaired) electrons. The Kier molecular flexibility index (Phi) is 27.2. The topological polar surface area (TPSA) is 248 Å². The number of nitriles is 2. The van der Waals surface area contributed by atoms with Crippen molar-refractivity contribution >= 4 is 52.4 Å². The fourth-order valence-electron chi connectivity index (χ4n) is 9.97. The first kappa shape index (κ1) is 68.3. The first-order valence-corrected chi connectivity index (χ1v) is 32.7. The monoisotopic (exact) mass is 1210 g/mol. The Hall–Kier alpha value is -5.86. The van der Waals surface area contributed by atoms with Crippen LogP contribution in [-0.4, -0.2) is 114 Å². The lowest BCUT2D eigenvalue weighted by Crippen LogP contribution is -2.35. The second-order valence-corrected chi connectivity index (χ2v) is 25.6. The van der Waals surface area contributed by atoms with Gasteiger partial charge in [-0.05, 0) is 137 Å². The van der Waals surface area contributed by atoms with Gasteiger partial charge in [-0.15, -0.1) is 0 Å². The maximum absolute atomic E-state index is 13.3. The van der Waals surface area contributed by atoms with E-state index in [2.05, 4.69) is 116 Å². The van der Waals surface area contributed by atoms with Crippen molar-refractivity contribution in [3.8, 4) is 12.1 Å². The summed E-state index contributed by atoms with van der Waals surface area (Å²) in [6, 6.07) is 23.2. The van der Waals surface area contributed by atoms with Crippen LogP contribution < -0.4 is 22.0 Å². The largest absolute Gasteiger partial charge is 0.390 e. The minimum Gasteiger partial charge on any atom is -0.390 e. The first-order chi connectivity index (χ1) is 40.8. The van der Waals surface area contributed by atoms with Crippen molar-refractivity contribution in [2.24, 2.45) is 11.8 Å². The maximum atomic E-state index is 13.3. The van der Waals surface area contributed by atoms with Gasteiger partial charge < -0.3 is 38.8 Å². The number of hydrogen-bond donors (Lipinski definition) is 3. The molecule has 3 N–H and O–H groups in total. The number of aliphatic hydroxyl groups excluding tert-OH is 1. The van der Waals surface area contributed by atoms with Crippen molar-refractivity contribution in [1.29, 1.82) is 10.5 Å². The summed E-state index contributed by atoms with van der Waals surface area (Å²) < 4.78 is 38.0. The van der Waals surface area contributed by atoms with E-state index in [4.69, 9.17) is 33.6 Å². The van der Waals surface area contributed by atoms with Gasteiger partial charge in [0.25, 0.3) is 20.3 Å². The second-order valence-electron chi connectivity index (χ2n) is 22.6. The zero-order valence-electron chi connectivity index (χ0n) is 51.2. The van der Waals surface area contributed by atoms with Crippen LogP contribution in [0.5, 0.6) is 0 Å². The van der Waals surface area contributed by atoms with Gasteiger partial charge in [0.05, 0.1) is 62.6 Å². The van der Waals surface area contributed by atoms with Crippen molar-refractivity contribution in [2.45, 2.75) is 194 Å². The van der Waals surface area contributed by atoms with Crippen LogP contribution in [0.4, 0.5) is 11.6 Å². The molecule has 4 heterocycles. The molecule has 20 nitrogen and oxygen atoms in total. The molecule has 4 fully saturated rings. The SMILES string of the molecule is CC(C)N(C(C)C)P(C)OCCC#N.CC[C@H]1O[C@@H](n2cc(/C=C/C3CC3)c(NC(=O)c3ccccc3)nc2=O)CC1O.CC[C@H]1O[C@@H](n2cc(/C=C/C3CC3)c(NC(=O)c3ccccc3)nc2=O)CC1OP(OCCC#N)N(C(C)C)C(C)C. The fraction of sp³-hybridized carbons (Fsp3) is 0.556. The summed E-state index contributed by atoms with van der Waals surface area (Å²) >= 11 is 0. The summed E-state index contributed by atoms with van der Waals surface area (Å²) in [6.45, 7) is 24.0. The van der Waals surface area contributed by atoms with E-state index in [1.54, 1.807) is 60.9 Å². The number of carbonyl (C=O) groups is 2. The average Bonchev–Trinajstić information content (AvgIpc) is 2.66. The highest BCUT2D eigenvalue weighted by Crippen LogP contribution is 2.50. The highest BCUT2D eigenvalue weighted by atomic mass is 31.2. The standard InChI is InChI=1S/C31H42N5O5P.C22H25N3O4.C10H21N2OP/c1-6-26-27(41-42(39-18-10-17-32)36(21(2)3)22(4)5)19-28(40-26)35-20-25(16-15-23-13-14-23)29(34-31(35)38)33-30(37)24-11-8-7-9-12-24;1-2-18-17(26)12-19(29-18)25-13-16(11-10-14-8-9-14)20(24-22(25)28)23-21(27)15-6-4-3-5-7-15;1-9(2)12(10(3)4)14(5)13-8-6-7-11/h7-9,11-12,15-16,20-23,26-28H,6,10,13-14,18-19H2,1-5H3,(H,33,34,37,38);3-7,10-11,13-14,17-19,26H,2,8-9,12H2,1H3,(H,23,24,27,28);9-10H,6,8H2,1-5H3/b16-15+;11-10+;/t26-,27?,28-,42?;17?,18-,19-;/m11./s1. The number of rotatable bonds is 26. The van der Waals surface area contributed by atoms with Gasteiger partial charge in [-0.25, -0.2) is 14.3 Å². The summed E-state index contributed by atoms with van der Waals surface area (Å²) in [4.78, 5) is 59.8. The Morgan fingerprint density at radius 3 is 1.51 bits per heavy atom. The van der Waals surface area contributed by atoms with Crippen LogP contribution in [0.3, 0.4) is 0 Å². The zero-order chi connectivity index (χ0) is 61.7. The lowest BCUT2D eigenvalue weighted by atomic mass is 10.1. The molecule has 2 aliphatic carbocycles. The van der Waals surface area contributed by atoms with E-state index in [1.807, 2.05) is 38.1 Å². The summed E-state index contributed by atoms with van der Waals surface area (Å²) in [5, 5.41) is 33.1. The van der Waals surface area contributed by atoms with Crippen molar-refractivity contribution in [3.63, 3.8) is 0 Å². The number of nitrogens with zero attached hydrogens (tertiary/aromatic N) is 8. The van der Waals surface area contributed by atoms with Crippen LogP contribution in [0.2, 0.25) is 0 Å². The van der Waals surface area contributed by atoms with E-state index < -0.39 is 46.8 Å². The van der Waals surface area contributed by atoms with E-state index in [0.29, 0.717) is 84.9 Å². The number of amides is 2. The summed E-state index contributed by atoms with van der Waals surface area (Å²) in [6.07, 6.45) is 16.2. The number of allylic oxidation sites excluding steroid dienone is 2. The minimum atomic E-state index is -1.46. The Bertz CT molecular complexity index is 3010. The number of aliphatic hydroxyl groups is 1. The first-order valence-electron chi connectivity index (χ1n) is 29.9. The molecule has 2 amide bonds. The molecule has 2 aromatic carbocycles. The lowest BCUT2D eigenvalue weighted by Gasteiger charge is -2.37. The van der Waals surface area contributed by atoms with E-state index in [1.165, 1.54) is 9.13 Å². The van der Waals surface area contributed by atoms with Gasteiger partial charge in [0.2, 0.25) is 0 Å². The average molecular weight is 1210 g/mol. The van der Waals surface area contributed by atoms with Crippen LogP contribution in [0.25, 0.3) is 12.2 Å². The van der Waals surface area contributed by atoms with Crippen molar-refractivity contribution in [3.05, 3.63) is 128 Å². The Balaban J connectivity index is 0.000000232. The molecule has 460 valence electrons. The highest BCUT2D eigenvalue weighted by Gasteiger charge is 2.41. The van der Waals surface area contributed by atoms with Gasteiger partial charge in [0, 0.05) is 71.7 Å². The van der Waals surface area contributed by atoms with Gasteiger partial charge in [0.1, 0.15) is 32.4 Å². The molecule has 0 spiro atoms. The molecule has 2 saturated heterocycles. The van der Waals surface area contributed by atoms with Crippen LogP contribution in [0.15, 0.2) is 94.8 Å². The van der Waals surface area contributed by atoms with Gasteiger partial charge in [-0.3, -0.25) is 23.4 Å². The molecule has 4 aliphatic rings. The number of anilines is 2. The predicted molar refractivity (Wildman–Crippen MR) is 334 cm³/mol. The van der Waals surface area contributed by atoms with Crippen molar-refractivity contribution in [1.82, 2.24) is 28.4 Å². The zero-order valence-corrected chi connectivity index (χ0v) is 53.0. The number of ether oxygens (including phenoxy) is 2. The van der Waals surface area contributed by atoms with E-state index in [0.717, 1.165) is 25.7 Å². The summed E-state index contributed by atoms with van der Waals surface area (Å²) in [5.41, 5.74) is 1.21. The van der Waals surface area contributed by atoms with Crippen LogP contribution >= 0.6 is 16.8 Å². The van der Waals surface area contributed by atoms with Gasteiger partial charge >= 0.3 is 11.4 Å². The number of carbonyl (C=O) groups excluding carboxylic acids is 2. The molecule has 4 aromatic rings. The number of nitrogens with one attached hydrogen (secondary N) is 2. The minimum absolute atomic E-state index is 0.169. The van der Waals surface area contributed by atoms with Crippen LogP contribution in [-0.2, 0) is 23.0 Å². The van der Waals surface area contributed by atoms with E-state index in [9.17, 15) is 24.3 Å². The van der Waals surface area contributed by atoms with Crippen molar-refractivity contribution < 1.29 is 37.7 Å². The van der Waals surface area contributed by atoms with E-state index in [-0.39, 0.29) is 66.9 Å². The normalized spacial score (nSPS) is 21.0. The lowest BCUT2D eigenvalue weighted by molar-refractivity contribution is -0.0217. The third-order valence-electron chi connectivity index (χ3n) is 14.4. The summed E-state index contributed by atoms with van der Waals surface area (Å²) in [7, 11) is -2.02. The Morgan fingerprint density at radius 1 is 0.682 bits per heavy atom. The molecule has 8 atom stereocenters. The molecular formula is C63H88N10O10P2. The number of aromatic nitrogens is 4. The van der Waals surface area contributed by atoms with Crippen molar-refractivity contribution in [2.75, 3.05) is 30.5 Å². The second kappa shape index (κ2) is 33.9. The quantitative estimate of drug-likeness (QED) is 0.0390. The molecule has 0 bridgehead atoms. The number of benzene rings is 2. The highest BCUT2D eigenvalue weighted by molar-refractivity contribution is 7.49. The molecule has 22 heteroatoms. The molecule has 2 aliphatic heterocycles. The van der Waals surface area contributed by atoms with E-state index >= 15 is 0 Å². The molecule has 2 aromatic heterocycles. The van der Waals surface area contributed by atoms with Crippen LogP contribution in [0, 0.1) is 34.5 Å². The number of hydrogen-bond acceptors (Lipinski definition) is 16. The Morgan fingerprint density at radius 2 is 1.11 bits per heavy atom. The maximum Gasteiger partial charge on any atom is 0.351 e. The molecular weight excluding hydrogens is 1120 g/mol. The molecule has 85 heavy (non-hydrogen) atoms. The fourth-order valence-corrected chi connectivity index (χ4v) is 13.5.